The Bertz CT molecular complexity index is 1040. The number of ether oxygens (including phenoxy) is 1. The third-order valence-corrected chi connectivity index (χ3v) is 6.70. The summed E-state index contributed by atoms with van der Waals surface area (Å²) < 4.78 is 6.53. The van der Waals surface area contributed by atoms with Gasteiger partial charge in [0.1, 0.15) is 5.75 Å². The quantitative estimate of drug-likeness (QED) is 0.335. The second-order valence-corrected chi connectivity index (χ2v) is 9.87. The third-order valence-electron chi connectivity index (χ3n) is 5.87. The number of hydrogen-bond acceptors (Lipinski definition) is 5. The number of hydrogen-bond donors (Lipinski definition) is 2. The zero-order chi connectivity index (χ0) is 25.2. The Labute approximate surface area is 221 Å². The fourth-order valence-corrected chi connectivity index (χ4v) is 4.45. The summed E-state index contributed by atoms with van der Waals surface area (Å²) >= 11 is 8.86. The van der Waals surface area contributed by atoms with Gasteiger partial charge in [-0.2, -0.15) is 0 Å². The van der Waals surface area contributed by atoms with Gasteiger partial charge in [-0.25, -0.2) is 0 Å². The molecule has 0 spiro atoms. The van der Waals surface area contributed by atoms with Gasteiger partial charge in [-0.1, -0.05) is 38.3 Å². The number of halogens is 1. The van der Waals surface area contributed by atoms with Gasteiger partial charge in [0.25, 0.3) is 11.8 Å². The molecule has 0 aliphatic carbocycles. The van der Waals surface area contributed by atoms with Crippen LogP contribution in [0.15, 0.2) is 46.9 Å². The molecule has 35 heavy (non-hydrogen) atoms. The SMILES string of the molecule is CCCCCCOc1ccc(C(=O)NC(=S)Nc2ccccc2C(=O)N2CCN(C)CC2)cc1Br. The number of anilines is 1. The predicted octanol–water partition coefficient (Wildman–Crippen LogP) is 4.92. The molecular weight excluding hydrogens is 528 g/mol. The summed E-state index contributed by atoms with van der Waals surface area (Å²) in [5.74, 6) is 0.306. The first-order valence-corrected chi connectivity index (χ1v) is 13.2. The lowest BCUT2D eigenvalue weighted by Crippen LogP contribution is -2.47. The Morgan fingerprint density at radius 2 is 1.80 bits per heavy atom. The number of nitrogens with one attached hydrogen (secondary N) is 2. The minimum atomic E-state index is -0.347. The van der Waals surface area contributed by atoms with Crippen molar-refractivity contribution in [1.82, 2.24) is 15.1 Å². The Morgan fingerprint density at radius 1 is 1.06 bits per heavy atom. The molecule has 2 amide bonds. The fourth-order valence-electron chi connectivity index (χ4n) is 3.76. The molecule has 2 N–H and O–H groups in total. The second kappa shape index (κ2) is 13.6. The van der Waals surface area contributed by atoms with Crippen LogP contribution in [0, 0.1) is 0 Å². The first kappa shape index (κ1) is 27.1. The molecule has 1 fully saturated rings. The third kappa shape index (κ3) is 8.02. The molecule has 1 saturated heterocycles. The number of amides is 2. The minimum absolute atomic E-state index is 0.0514. The number of rotatable bonds is 9. The van der Waals surface area contributed by atoms with Gasteiger partial charge in [0, 0.05) is 31.7 Å². The molecular formula is C26H33BrN4O3S. The molecule has 1 aliphatic heterocycles. The monoisotopic (exact) mass is 560 g/mol. The number of likely N-dealkylation sites (N-methyl/N-ethyl adjacent to an activating group) is 1. The molecule has 1 heterocycles. The van der Waals surface area contributed by atoms with Crippen molar-refractivity contribution in [2.24, 2.45) is 0 Å². The lowest BCUT2D eigenvalue weighted by molar-refractivity contribution is 0.0665. The van der Waals surface area contributed by atoms with Crippen LogP contribution in [0.2, 0.25) is 0 Å². The highest BCUT2D eigenvalue weighted by molar-refractivity contribution is 9.10. The lowest BCUT2D eigenvalue weighted by atomic mass is 10.1. The molecule has 3 rings (SSSR count). The van der Waals surface area contributed by atoms with Gasteiger partial charge >= 0.3 is 0 Å². The molecule has 0 aromatic heterocycles. The topological polar surface area (TPSA) is 73.9 Å². The standard InChI is InChI=1S/C26H33BrN4O3S/c1-3-4-5-8-17-34-23-12-11-19(18-21(23)27)24(32)29-26(35)28-22-10-7-6-9-20(22)25(33)31-15-13-30(2)14-16-31/h6-7,9-12,18H,3-5,8,13-17H2,1-2H3,(H2,28,29,32,35). The van der Waals surface area contributed by atoms with Crippen molar-refractivity contribution in [2.75, 3.05) is 45.2 Å². The smallest absolute Gasteiger partial charge is 0.257 e. The first-order valence-electron chi connectivity index (χ1n) is 12.0. The summed E-state index contributed by atoms with van der Waals surface area (Å²) in [6.07, 6.45) is 4.53. The van der Waals surface area contributed by atoms with E-state index in [1.54, 1.807) is 30.3 Å². The summed E-state index contributed by atoms with van der Waals surface area (Å²) in [7, 11) is 2.05. The van der Waals surface area contributed by atoms with Crippen LogP contribution in [0.5, 0.6) is 5.75 Å². The number of carbonyl (C=O) groups excluding carboxylic acids is 2. The van der Waals surface area contributed by atoms with Crippen LogP contribution in [0.25, 0.3) is 0 Å². The number of piperazine rings is 1. The van der Waals surface area contributed by atoms with Gasteiger partial charge < -0.3 is 19.9 Å². The van der Waals surface area contributed by atoms with Gasteiger partial charge in [0.15, 0.2) is 5.11 Å². The number of benzene rings is 2. The normalized spacial score (nSPS) is 13.9. The molecule has 0 atom stereocenters. The van der Waals surface area contributed by atoms with Crippen molar-refractivity contribution in [2.45, 2.75) is 32.6 Å². The summed E-state index contributed by atoms with van der Waals surface area (Å²) in [5.41, 5.74) is 1.53. The molecule has 2 aromatic rings. The van der Waals surface area contributed by atoms with Crippen LogP contribution in [0.1, 0.15) is 53.3 Å². The summed E-state index contributed by atoms with van der Waals surface area (Å²) in [6, 6.07) is 12.4. The van der Waals surface area contributed by atoms with E-state index in [-0.39, 0.29) is 16.9 Å². The molecule has 188 valence electrons. The van der Waals surface area contributed by atoms with Crippen LogP contribution < -0.4 is 15.4 Å². The summed E-state index contributed by atoms with van der Waals surface area (Å²) in [5, 5.41) is 5.84. The van der Waals surface area contributed by atoms with Crippen LogP contribution in [-0.2, 0) is 0 Å². The van der Waals surface area contributed by atoms with E-state index in [4.69, 9.17) is 17.0 Å². The van der Waals surface area contributed by atoms with E-state index in [2.05, 4.69) is 38.4 Å². The highest BCUT2D eigenvalue weighted by Gasteiger charge is 2.22. The van der Waals surface area contributed by atoms with E-state index in [1.165, 1.54) is 12.8 Å². The Hall–Kier alpha value is -2.49. The fraction of sp³-hybridized carbons (Fsp3) is 0.423. The molecule has 0 unspecified atom stereocenters. The molecule has 9 heteroatoms. The largest absolute Gasteiger partial charge is 0.492 e. The van der Waals surface area contributed by atoms with Gasteiger partial charge in [-0.05, 0) is 71.9 Å². The van der Waals surface area contributed by atoms with Crippen molar-refractivity contribution in [1.29, 1.82) is 0 Å². The van der Waals surface area contributed by atoms with Crippen molar-refractivity contribution in [3.8, 4) is 5.75 Å². The van der Waals surface area contributed by atoms with Crippen molar-refractivity contribution in [3.63, 3.8) is 0 Å². The highest BCUT2D eigenvalue weighted by Crippen LogP contribution is 2.26. The van der Waals surface area contributed by atoms with E-state index in [1.807, 2.05) is 24.1 Å². The molecule has 0 bridgehead atoms. The van der Waals surface area contributed by atoms with E-state index in [0.29, 0.717) is 46.7 Å². The van der Waals surface area contributed by atoms with Crippen LogP contribution in [-0.4, -0.2) is 66.6 Å². The zero-order valence-corrected chi connectivity index (χ0v) is 22.7. The molecule has 1 aliphatic rings. The zero-order valence-electron chi connectivity index (χ0n) is 20.3. The molecule has 0 saturated carbocycles. The second-order valence-electron chi connectivity index (χ2n) is 8.60. The summed E-state index contributed by atoms with van der Waals surface area (Å²) in [6.45, 7) is 5.86. The van der Waals surface area contributed by atoms with Gasteiger partial charge in [-0.15, -0.1) is 0 Å². The molecule has 7 nitrogen and oxygen atoms in total. The predicted molar refractivity (Wildman–Crippen MR) is 147 cm³/mol. The highest BCUT2D eigenvalue weighted by atomic mass is 79.9. The molecule has 2 aromatic carbocycles. The Morgan fingerprint density at radius 3 is 2.51 bits per heavy atom. The Kier molecular flexibility index (Phi) is 10.5. The van der Waals surface area contributed by atoms with E-state index < -0.39 is 0 Å². The average molecular weight is 562 g/mol. The number of thiocarbonyl (C=S) groups is 1. The lowest BCUT2D eigenvalue weighted by Gasteiger charge is -2.32. The Balaban J connectivity index is 1.57. The maximum atomic E-state index is 13.1. The van der Waals surface area contributed by atoms with Crippen molar-refractivity contribution < 1.29 is 14.3 Å². The van der Waals surface area contributed by atoms with Gasteiger partial charge in [0.2, 0.25) is 0 Å². The number of unbranched alkanes of at least 4 members (excludes halogenated alkanes) is 3. The van der Waals surface area contributed by atoms with Crippen molar-refractivity contribution >= 4 is 50.8 Å². The van der Waals surface area contributed by atoms with E-state index >= 15 is 0 Å². The average Bonchev–Trinajstić information content (AvgIpc) is 2.85. The van der Waals surface area contributed by atoms with Gasteiger partial charge in [-0.3, -0.25) is 14.9 Å². The number of para-hydroxylation sites is 1. The number of nitrogens with zero attached hydrogens (tertiary/aromatic N) is 2. The van der Waals surface area contributed by atoms with Crippen LogP contribution >= 0.6 is 28.1 Å². The molecule has 0 radical (unpaired) electrons. The van der Waals surface area contributed by atoms with Crippen LogP contribution in [0.3, 0.4) is 0 Å². The summed E-state index contributed by atoms with van der Waals surface area (Å²) in [4.78, 5) is 29.9. The first-order chi connectivity index (χ1) is 16.9. The van der Waals surface area contributed by atoms with E-state index in [9.17, 15) is 9.59 Å². The maximum absolute atomic E-state index is 13.1. The number of carbonyl (C=O) groups is 2. The van der Waals surface area contributed by atoms with Gasteiger partial charge in [0.05, 0.1) is 22.3 Å². The van der Waals surface area contributed by atoms with E-state index in [0.717, 1.165) is 25.9 Å². The van der Waals surface area contributed by atoms with Crippen LogP contribution in [0.4, 0.5) is 5.69 Å². The van der Waals surface area contributed by atoms with Crippen molar-refractivity contribution in [3.05, 3.63) is 58.1 Å². The minimum Gasteiger partial charge on any atom is -0.492 e. The maximum Gasteiger partial charge on any atom is 0.257 e.